The van der Waals surface area contributed by atoms with E-state index in [9.17, 15) is 0 Å². The van der Waals surface area contributed by atoms with Gasteiger partial charge in [0.05, 0.1) is 6.20 Å². The highest BCUT2D eigenvalue weighted by molar-refractivity contribution is 5.56. The SMILES string of the molecule is CCCN(CCC)c1cnnc(Nc2ccc(C)c(C)c2)n1. The Labute approximate surface area is 132 Å². The van der Waals surface area contributed by atoms with Crippen molar-refractivity contribution >= 4 is 17.5 Å². The Balaban J connectivity index is 2.18. The molecule has 0 saturated heterocycles. The Kier molecular flexibility index (Phi) is 5.69. The van der Waals surface area contributed by atoms with Gasteiger partial charge in [0.2, 0.25) is 5.95 Å². The van der Waals surface area contributed by atoms with Crippen LogP contribution in [0.25, 0.3) is 0 Å². The number of hydrogen-bond acceptors (Lipinski definition) is 5. The third-order valence-electron chi connectivity index (χ3n) is 3.62. The van der Waals surface area contributed by atoms with E-state index >= 15 is 0 Å². The molecule has 2 aromatic rings. The molecule has 1 aromatic carbocycles. The van der Waals surface area contributed by atoms with Gasteiger partial charge in [-0.15, -0.1) is 5.10 Å². The second-order valence-electron chi connectivity index (χ2n) is 5.55. The van der Waals surface area contributed by atoms with Gasteiger partial charge in [-0.05, 0) is 49.9 Å². The standard InChI is InChI=1S/C17H25N5/c1-5-9-22(10-6-2)16-12-18-21-17(20-16)19-15-8-7-13(3)14(4)11-15/h7-8,11-12H,5-6,9-10H2,1-4H3,(H,19,20,21). The summed E-state index contributed by atoms with van der Waals surface area (Å²) in [6, 6.07) is 6.23. The molecule has 0 saturated carbocycles. The number of benzene rings is 1. The molecule has 1 N–H and O–H groups in total. The fourth-order valence-electron chi connectivity index (χ4n) is 2.33. The van der Waals surface area contributed by atoms with Crippen LogP contribution in [0.2, 0.25) is 0 Å². The molecule has 5 heteroatoms. The number of anilines is 3. The van der Waals surface area contributed by atoms with Crippen molar-refractivity contribution in [2.45, 2.75) is 40.5 Å². The van der Waals surface area contributed by atoms with Gasteiger partial charge < -0.3 is 10.2 Å². The molecule has 0 aliphatic heterocycles. The predicted molar refractivity (Wildman–Crippen MR) is 91.8 cm³/mol. The second kappa shape index (κ2) is 7.73. The Morgan fingerprint density at radius 3 is 2.41 bits per heavy atom. The Morgan fingerprint density at radius 2 is 1.77 bits per heavy atom. The van der Waals surface area contributed by atoms with Gasteiger partial charge in [-0.3, -0.25) is 0 Å². The zero-order chi connectivity index (χ0) is 15.9. The van der Waals surface area contributed by atoms with E-state index in [0.29, 0.717) is 5.95 Å². The summed E-state index contributed by atoms with van der Waals surface area (Å²) in [6.45, 7) is 10.5. The number of rotatable bonds is 7. The molecule has 0 spiro atoms. The summed E-state index contributed by atoms with van der Waals surface area (Å²) in [5.41, 5.74) is 3.50. The smallest absolute Gasteiger partial charge is 0.249 e. The molecule has 0 radical (unpaired) electrons. The van der Waals surface area contributed by atoms with Crippen molar-refractivity contribution in [2.24, 2.45) is 0 Å². The van der Waals surface area contributed by atoms with Crippen LogP contribution < -0.4 is 10.2 Å². The first-order chi connectivity index (χ1) is 10.6. The van der Waals surface area contributed by atoms with E-state index in [1.807, 2.05) is 6.07 Å². The first-order valence-corrected chi connectivity index (χ1v) is 7.93. The van der Waals surface area contributed by atoms with Crippen molar-refractivity contribution in [3.63, 3.8) is 0 Å². The summed E-state index contributed by atoms with van der Waals surface area (Å²) in [4.78, 5) is 6.85. The number of hydrogen-bond donors (Lipinski definition) is 1. The molecule has 1 heterocycles. The third-order valence-corrected chi connectivity index (χ3v) is 3.62. The Hall–Kier alpha value is -2.17. The van der Waals surface area contributed by atoms with Crippen LogP contribution in [-0.4, -0.2) is 28.3 Å². The topological polar surface area (TPSA) is 53.9 Å². The molecular formula is C17H25N5. The van der Waals surface area contributed by atoms with Crippen molar-refractivity contribution < 1.29 is 0 Å². The molecule has 0 aliphatic carbocycles. The molecule has 0 aliphatic rings. The minimum atomic E-state index is 0.540. The molecule has 0 atom stereocenters. The average Bonchev–Trinajstić information content (AvgIpc) is 2.51. The first-order valence-electron chi connectivity index (χ1n) is 7.93. The highest BCUT2D eigenvalue weighted by atomic mass is 15.3. The molecule has 5 nitrogen and oxygen atoms in total. The highest BCUT2D eigenvalue weighted by Crippen LogP contribution is 2.18. The predicted octanol–water partition coefficient (Wildman–Crippen LogP) is 3.86. The number of nitrogens with one attached hydrogen (secondary N) is 1. The molecular weight excluding hydrogens is 274 g/mol. The molecule has 0 fully saturated rings. The average molecular weight is 299 g/mol. The normalized spacial score (nSPS) is 10.5. The van der Waals surface area contributed by atoms with Gasteiger partial charge in [-0.2, -0.15) is 10.1 Å². The molecule has 0 amide bonds. The molecule has 2 rings (SSSR count). The van der Waals surface area contributed by atoms with Gasteiger partial charge in [0, 0.05) is 18.8 Å². The van der Waals surface area contributed by atoms with Crippen molar-refractivity contribution in [1.29, 1.82) is 0 Å². The van der Waals surface area contributed by atoms with Crippen LogP contribution >= 0.6 is 0 Å². The van der Waals surface area contributed by atoms with E-state index in [1.54, 1.807) is 6.20 Å². The monoisotopic (exact) mass is 299 g/mol. The van der Waals surface area contributed by atoms with Crippen LogP contribution in [0.1, 0.15) is 37.8 Å². The van der Waals surface area contributed by atoms with Gasteiger partial charge in [0.1, 0.15) is 0 Å². The van der Waals surface area contributed by atoms with E-state index in [2.05, 4.69) is 65.2 Å². The zero-order valence-corrected chi connectivity index (χ0v) is 13.9. The zero-order valence-electron chi connectivity index (χ0n) is 13.9. The van der Waals surface area contributed by atoms with Crippen LogP contribution in [0, 0.1) is 13.8 Å². The van der Waals surface area contributed by atoms with Gasteiger partial charge >= 0.3 is 0 Å². The second-order valence-corrected chi connectivity index (χ2v) is 5.55. The summed E-state index contributed by atoms with van der Waals surface area (Å²) >= 11 is 0. The van der Waals surface area contributed by atoms with E-state index in [-0.39, 0.29) is 0 Å². The molecule has 0 unspecified atom stereocenters. The van der Waals surface area contributed by atoms with Crippen LogP contribution in [0.5, 0.6) is 0 Å². The van der Waals surface area contributed by atoms with Gasteiger partial charge in [0.25, 0.3) is 0 Å². The lowest BCUT2D eigenvalue weighted by molar-refractivity contribution is 0.728. The number of nitrogens with zero attached hydrogens (tertiary/aromatic N) is 4. The first kappa shape index (κ1) is 16.2. The van der Waals surface area contributed by atoms with E-state index < -0.39 is 0 Å². The van der Waals surface area contributed by atoms with Crippen molar-refractivity contribution in [2.75, 3.05) is 23.3 Å². The Bertz CT molecular complexity index is 606. The summed E-state index contributed by atoms with van der Waals surface area (Å²) in [6.07, 6.45) is 3.91. The van der Waals surface area contributed by atoms with Crippen molar-refractivity contribution in [1.82, 2.24) is 15.2 Å². The fraction of sp³-hybridized carbons (Fsp3) is 0.471. The summed E-state index contributed by atoms with van der Waals surface area (Å²) < 4.78 is 0. The minimum absolute atomic E-state index is 0.540. The maximum atomic E-state index is 4.60. The summed E-state index contributed by atoms with van der Waals surface area (Å²) in [5, 5.41) is 11.4. The maximum absolute atomic E-state index is 4.60. The fourth-order valence-corrected chi connectivity index (χ4v) is 2.33. The van der Waals surface area contributed by atoms with Crippen LogP contribution in [-0.2, 0) is 0 Å². The lowest BCUT2D eigenvalue weighted by Gasteiger charge is -2.22. The third kappa shape index (κ3) is 4.16. The molecule has 0 bridgehead atoms. The van der Waals surface area contributed by atoms with E-state index in [4.69, 9.17) is 0 Å². The molecule has 118 valence electrons. The molecule has 1 aromatic heterocycles. The van der Waals surface area contributed by atoms with Crippen molar-refractivity contribution in [3.8, 4) is 0 Å². The minimum Gasteiger partial charge on any atom is -0.355 e. The highest BCUT2D eigenvalue weighted by Gasteiger charge is 2.09. The number of aryl methyl sites for hydroxylation is 2. The Morgan fingerprint density at radius 1 is 1.05 bits per heavy atom. The largest absolute Gasteiger partial charge is 0.355 e. The number of aromatic nitrogens is 3. The van der Waals surface area contributed by atoms with Crippen LogP contribution in [0.3, 0.4) is 0 Å². The van der Waals surface area contributed by atoms with Crippen LogP contribution in [0.4, 0.5) is 17.5 Å². The van der Waals surface area contributed by atoms with Crippen LogP contribution in [0.15, 0.2) is 24.4 Å². The quantitative estimate of drug-likeness (QED) is 0.841. The van der Waals surface area contributed by atoms with Gasteiger partial charge in [-0.25, -0.2) is 0 Å². The van der Waals surface area contributed by atoms with Gasteiger partial charge in [0.15, 0.2) is 5.82 Å². The maximum Gasteiger partial charge on any atom is 0.249 e. The lowest BCUT2D eigenvalue weighted by atomic mass is 10.1. The van der Waals surface area contributed by atoms with Gasteiger partial charge in [-0.1, -0.05) is 19.9 Å². The lowest BCUT2D eigenvalue weighted by Crippen LogP contribution is -2.26. The summed E-state index contributed by atoms with van der Waals surface area (Å²) in [5.74, 6) is 1.42. The summed E-state index contributed by atoms with van der Waals surface area (Å²) in [7, 11) is 0. The van der Waals surface area contributed by atoms with Crippen molar-refractivity contribution in [3.05, 3.63) is 35.5 Å². The van der Waals surface area contributed by atoms with E-state index in [1.165, 1.54) is 11.1 Å². The molecule has 22 heavy (non-hydrogen) atoms. The van der Waals surface area contributed by atoms with E-state index in [0.717, 1.165) is 37.4 Å².